The fraction of sp³-hybridized carbons (Fsp3) is 0.368. The molecule has 1 heterocycles. The molecule has 1 fully saturated rings. The second-order valence-corrected chi connectivity index (χ2v) is 6.46. The van der Waals surface area contributed by atoms with E-state index in [1.54, 1.807) is 12.1 Å². The lowest BCUT2D eigenvalue weighted by Gasteiger charge is -2.24. The minimum absolute atomic E-state index is 0.200. The van der Waals surface area contributed by atoms with Crippen molar-refractivity contribution in [1.29, 1.82) is 0 Å². The average Bonchev–Trinajstić information content (AvgIpc) is 2.63. The van der Waals surface area contributed by atoms with Gasteiger partial charge in [0.1, 0.15) is 11.9 Å². The van der Waals surface area contributed by atoms with Crippen molar-refractivity contribution >= 4 is 11.6 Å². The fourth-order valence-electron chi connectivity index (χ4n) is 2.80. The number of aliphatic hydroxyl groups excluding tert-OH is 1. The molecular formula is C19H22ClNO3. The van der Waals surface area contributed by atoms with E-state index in [1.165, 1.54) is 0 Å². The highest BCUT2D eigenvalue weighted by molar-refractivity contribution is 6.30. The quantitative estimate of drug-likeness (QED) is 0.866. The van der Waals surface area contributed by atoms with Gasteiger partial charge >= 0.3 is 0 Å². The topological polar surface area (TPSA) is 64.7 Å². The van der Waals surface area contributed by atoms with Gasteiger partial charge in [-0.1, -0.05) is 35.9 Å². The first-order chi connectivity index (χ1) is 11.6. The van der Waals surface area contributed by atoms with Gasteiger partial charge in [0, 0.05) is 17.9 Å². The second-order valence-electron chi connectivity index (χ2n) is 6.02. The zero-order chi connectivity index (χ0) is 16.9. The molecule has 2 aromatic rings. The van der Waals surface area contributed by atoms with Gasteiger partial charge in [-0.3, -0.25) is 0 Å². The third kappa shape index (κ3) is 4.28. The lowest BCUT2D eigenvalue weighted by Crippen LogP contribution is -2.25. The second kappa shape index (κ2) is 7.99. The largest absolute Gasteiger partial charge is 0.490 e. The van der Waals surface area contributed by atoms with E-state index in [9.17, 15) is 5.11 Å². The Labute approximate surface area is 147 Å². The van der Waals surface area contributed by atoms with Gasteiger partial charge < -0.3 is 20.3 Å². The standard InChI is InChI=1S/C19H22ClNO3/c20-15-5-1-13(2-6-15)18(21)19(22)14-3-7-16(8-4-14)24-17-9-11-23-12-10-17/h1-8,17-19,22H,9-12,21H2. The van der Waals surface area contributed by atoms with Gasteiger partial charge in [0.15, 0.2) is 0 Å². The van der Waals surface area contributed by atoms with E-state index in [2.05, 4.69) is 0 Å². The fourth-order valence-corrected chi connectivity index (χ4v) is 2.93. The van der Waals surface area contributed by atoms with Crippen molar-refractivity contribution in [3.63, 3.8) is 0 Å². The number of rotatable bonds is 5. The molecule has 24 heavy (non-hydrogen) atoms. The Balaban J connectivity index is 1.64. The van der Waals surface area contributed by atoms with Gasteiger partial charge in [0.05, 0.1) is 25.4 Å². The van der Waals surface area contributed by atoms with Gasteiger partial charge in [-0.15, -0.1) is 0 Å². The van der Waals surface area contributed by atoms with Crippen molar-refractivity contribution < 1.29 is 14.6 Å². The Morgan fingerprint density at radius 2 is 1.58 bits per heavy atom. The number of ether oxygens (including phenoxy) is 2. The van der Waals surface area contributed by atoms with Crippen LogP contribution in [-0.2, 0) is 4.74 Å². The van der Waals surface area contributed by atoms with Gasteiger partial charge in [0.25, 0.3) is 0 Å². The van der Waals surface area contributed by atoms with Crippen molar-refractivity contribution in [3.05, 3.63) is 64.7 Å². The van der Waals surface area contributed by atoms with E-state index in [4.69, 9.17) is 26.8 Å². The number of hydrogen-bond donors (Lipinski definition) is 2. The molecule has 0 saturated carbocycles. The molecule has 0 radical (unpaired) electrons. The van der Waals surface area contributed by atoms with E-state index in [0.717, 1.165) is 42.9 Å². The molecule has 0 aromatic heterocycles. The highest BCUT2D eigenvalue weighted by atomic mass is 35.5. The third-order valence-corrected chi connectivity index (χ3v) is 4.54. The van der Waals surface area contributed by atoms with Crippen LogP contribution >= 0.6 is 11.6 Å². The zero-order valence-corrected chi connectivity index (χ0v) is 14.2. The van der Waals surface area contributed by atoms with Crippen molar-refractivity contribution in [2.45, 2.75) is 31.1 Å². The smallest absolute Gasteiger partial charge is 0.119 e. The number of aliphatic hydroxyl groups is 1. The molecule has 3 rings (SSSR count). The minimum Gasteiger partial charge on any atom is -0.490 e. The molecule has 128 valence electrons. The summed E-state index contributed by atoms with van der Waals surface area (Å²) < 4.78 is 11.3. The van der Waals surface area contributed by atoms with Crippen LogP contribution < -0.4 is 10.5 Å². The van der Waals surface area contributed by atoms with Crippen molar-refractivity contribution in [1.82, 2.24) is 0 Å². The summed E-state index contributed by atoms with van der Waals surface area (Å²) in [6, 6.07) is 14.2. The average molecular weight is 348 g/mol. The first kappa shape index (κ1) is 17.2. The Morgan fingerprint density at radius 3 is 2.21 bits per heavy atom. The summed E-state index contributed by atoms with van der Waals surface area (Å²) in [4.78, 5) is 0. The molecule has 2 aromatic carbocycles. The predicted molar refractivity (Wildman–Crippen MR) is 94.3 cm³/mol. The summed E-state index contributed by atoms with van der Waals surface area (Å²) in [5.74, 6) is 0.804. The van der Waals surface area contributed by atoms with Gasteiger partial charge in [-0.2, -0.15) is 0 Å². The number of halogens is 1. The maximum absolute atomic E-state index is 10.5. The molecule has 0 bridgehead atoms. The Kier molecular flexibility index (Phi) is 5.74. The summed E-state index contributed by atoms with van der Waals surface area (Å²) in [6.07, 6.45) is 1.23. The van der Waals surface area contributed by atoms with E-state index < -0.39 is 12.1 Å². The molecule has 4 nitrogen and oxygen atoms in total. The molecule has 0 amide bonds. The first-order valence-electron chi connectivity index (χ1n) is 8.17. The highest BCUT2D eigenvalue weighted by Crippen LogP contribution is 2.29. The SMILES string of the molecule is NC(c1ccc(Cl)cc1)C(O)c1ccc(OC2CCOCC2)cc1. The van der Waals surface area contributed by atoms with Crippen LogP contribution in [0, 0.1) is 0 Å². The van der Waals surface area contributed by atoms with E-state index in [-0.39, 0.29) is 6.10 Å². The van der Waals surface area contributed by atoms with Gasteiger partial charge in [-0.05, 0) is 35.4 Å². The molecule has 2 unspecified atom stereocenters. The first-order valence-corrected chi connectivity index (χ1v) is 8.55. The van der Waals surface area contributed by atoms with Crippen LogP contribution in [0.4, 0.5) is 0 Å². The van der Waals surface area contributed by atoms with Crippen LogP contribution in [-0.4, -0.2) is 24.4 Å². The van der Waals surface area contributed by atoms with Crippen LogP contribution in [0.2, 0.25) is 5.02 Å². The zero-order valence-electron chi connectivity index (χ0n) is 13.4. The molecule has 5 heteroatoms. The summed E-state index contributed by atoms with van der Waals surface area (Å²) in [6.45, 7) is 1.49. The lowest BCUT2D eigenvalue weighted by molar-refractivity contribution is 0.0255. The van der Waals surface area contributed by atoms with Crippen LogP contribution in [0.5, 0.6) is 5.75 Å². The molecule has 3 N–H and O–H groups in total. The Bertz CT molecular complexity index is 639. The molecule has 0 spiro atoms. The molecular weight excluding hydrogens is 326 g/mol. The van der Waals surface area contributed by atoms with Crippen molar-refractivity contribution in [2.75, 3.05) is 13.2 Å². The van der Waals surface area contributed by atoms with E-state index in [0.29, 0.717) is 5.02 Å². The van der Waals surface area contributed by atoms with Crippen LogP contribution in [0.3, 0.4) is 0 Å². The van der Waals surface area contributed by atoms with Gasteiger partial charge in [0.2, 0.25) is 0 Å². The maximum Gasteiger partial charge on any atom is 0.119 e. The molecule has 1 saturated heterocycles. The lowest BCUT2D eigenvalue weighted by atomic mass is 9.96. The Hall–Kier alpha value is -1.59. The third-order valence-electron chi connectivity index (χ3n) is 4.29. The molecule has 0 aliphatic carbocycles. The normalized spacial score (nSPS) is 18.1. The summed E-state index contributed by atoms with van der Waals surface area (Å²) in [5.41, 5.74) is 7.77. The molecule has 2 atom stereocenters. The molecule has 1 aliphatic heterocycles. The highest BCUT2D eigenvalue weighted by Gasteiger charge is 2.19. The number of hydrogen-bond acceptors (Lipinski definition) is 4. The van der Waals surface area contributed by atoms with E-state index in [1.807, 2.05) is 36.4 Å². The number of nitrogens with two attached hydrogens (primary N) is 1. The van der Waals surface area contributed by atoms with Crippen molar-refractivity contribution in [2.24, 2.45) is 5.73 Å². The number of benzene rings is 2. The summed E-state index contributed by atoms with van der Waals surface area (Å²) in [5, 5.41) is 11.2. The predicted octanol–water partition coefficient (Wildman–Crippen LogP) is 3.63. The van der Waals surface area contributed by atoms with Crippen LogP contribution in [0.15, 0.2) is 48.5 Å². The maximum atomic E-state index is 10.5. The minimum atomic E-state index is -0.789. The summed E-state index contributed by atoms with van der Waals surface area (Å²) >= 11 is 5.89. The van der Waals surface area contributed by atoms with E-state index >= 15 is 0 Å². The summed E-state index contributed by atoms with van der Waals surface area (Å²) in [7, 11) is 0. The monoisotopic (exact) mass is 347 g/mol. The van der Waals surface area contributed by atoms with Gasteiger partial charge in [-0.25, -0.2) is 0 Å². The Morgan fingerprint density at radius 1 is 1.00 bits per heavy atom. The van der Waals surface area contributed by atoms with Crippen molar-refractivity contribution in [3.8, 4) is 5.75 Å². The molecule has 1 aliphatic rings. The van der Waals surface area contributed by atoms with Crippen LogP contribution in [0.1, 0.15) is 36.1 Å². The van der Waals surface area contributed by atoms with Crippen LogP contribution in [0.25, 0.3) is 0 Å².